The van der Waals surface area contributed by atoms with Crippen molar-refractivity contribution in [3.05, 3.63) is 88.4 Å². The van der Waals surface area contributed by atoms with Gasteiger partial charge in [0.15, 0.2) is 12.3 Å². The lowest BCUT2D eigenvalue weighted by molar-refractivity contribution is -0.134. The van der Waals surface area contributed by atoms with Crippen LogP contribution in [0.4, 0.5) is 4.39 Å². The zero-order chi connectivity index (χ0) is 24.2. The number of fused-ring (bicyclic) bond motifs is 1. The molecule has 0 saturated carbocycles. The van der Waals surface area contributed by atoms with E-state index in [1.54, 1.807) is 53.0 Å². The molecule has 2 aromatic heterocycles. The van der Waals surface area contributed by atoms with E-state index < -0.39 is 0 Å². The molecule has 4 rings (SSSR count). The van der Waals surface area contributed by atoms with Gasteiger partial charge in [-0.05, 0) is 60.9 Å². The summed E-state index contributed by atoms with van der Waals surface area (Å²) in [5, 5.41) is 14.2. The van der Waals surface area contributed by atoms with Gasteiger partial charge >= 0.3 is 0 Å². The van der Waals surface area contributed by atoms with Crippen LogP contribution in [-0.4, -0.2) is 32.2 Å². The first-order valence-electron chi connectivity index (χ1n) is 10.8. The van der Waals surface area contributed by atoms with E-state index in [2.05, 4.69) is 16.2 Å². The number of pyridine rings is 1. The number of carbonyl (C=O) groups is 1. The van der Waals surface area contributed by atoms with Crippen molar-refractivity contribution in [2.45, 2.75) is 26.9 Å². The van der Waals surface area contributed by atoms with Gasteiger partial charge in [0, 0.05) is 25.8 Å². The molecule has 4 aromatic rings. The summed E-state index contributed by atoms with van der Waals surface area (Å²) in [6, 6.07) is 17.2. The van der Waals surface area contributed by atoms with Gasteiger partial charge in [-0.25, -0.2) is 14.1 Å². The molecule has 0 N–H and O–H groups in total. The Morgan fingerprint density at radius 1 is 1.12 bits per heavy atom. The van der Waals surface area contributed by atoms with Crippen molar-refractivity contribution >= 4 is 16.9 Å². The molecule has 1 amide bonds. The van der Waals surface area contributed by atoms with Crippen LogP contribution in [0.1, 0.15) is 27.9 Å². The standard InChI is InChI=1S/C26H24FN5O2/c1-17-11-18(2)29-25-24(17)26(30-31(25)3)34-16-23(33)32(15-21-5-4-6-22(27)12-21)14-20-9-7-19(13-28)8-10-20/h4-12H,14-16H2,1-3H3. The lowest BCUT2D eigenvalue weighted by Crippen LogP contribution is -2.34. The van der Waals surface area contributed by atoms with E-state index in [9.17, 15) is 9.18 Å². The summed E-state index contributed by atoms with van der Waals surface area (Å²) >= 11 is 0. The SMILES string of the molecule is Cc1cc(C)c2c(OCC(=O)N(Cc3ccc(C#N)cc3)Cc3cccc(F)c3)nn(C)c2n1. The largest absolute Gasteiger partial charge is 0.466 e. The topological polar surface area (TPSA) is 84.0 Å². The van der Waals surface area contributed by atoms with Crippen LogP contribution in [-0.2, 0) is 24.9 Å². The Hall–Kier alpha value is -4.25. The fourth-order valence-corrected chi connectivity index (χ4v) is 3.86. The summed E-state index contributed by atoms with van der Waals surface area (Å²) in [6.45, 7) is 4.13. The van der Waals surface area contributed by atoms with Gasteiger partial charge in [-0.15, -0.1) is 5.10 Å². The van der Waals surface area contributed by atoms with Crippen LogP contribution in [0.25, 0.3) is 11.0 Å². The number of nitrogens with zero attached hydrogens (tertiary/aromatic N) is 5. The van der Waals surface area contributed by atoms with Crippen molar-refractivity contribution in [2.75, 3.05) is 6.61 Å². The number of aryl methyl sites for hydroxylation is 3. The molecule has 0 unspecified atom stereocenters. The van der Waals surface area contributed by atoms with Gasteiger partial charge < -0.3 is 9.64 Å². The van der Waals surface area contributed by atoms with Crippen LogP contribution < -0.4 is 4.74 Å². The third kappa shape index (κ3) is 5.04. The van der Waals surface area contributed by atoms with Crippen molar-refractivity contribution in [1.29, 1.82) is 5.26 Å². The van der Waals surface area contributed by atoms with E-state index in [1.807, 2.05) is 19.9 Å². The average Bonchev–Trinajstić information content (AvgIpc) is 3.13. The summed E-state index contributed by atoms with van der Waals surface area (Å²) in [6.07, 6.45) is 0. The molecule has 172 valence electrons. The van der Waals surface area contributed by atoms with Crippen molar-refractivity contribution in [2.24, 2.45) is 7.05 Å². The highest BCUT2D eigenvalue weighted by molar-refractivity contribution is 5.85. The number of hydrogen-bond donors (Lipinski definition) is 0. The Morgan fingerprint density at radius 3 is 2.56 bits per heavy atom. The lowest BCUT2D eigenvalue weighted by atomic mass is 10.1. The molecule has 0 aliphatic carbocycles. The number of ether oxygens (including phenoxy) is 1. The molecule has 7 nitrogen and oxygen atoms in total. The Bertz CT molecular complexity index is 1390. The number of benzene rings is 2. The molecule has 0 bridgehead atoms. The van der Waals surface area contributed by atoms with Crippen LogP contribution in [0.5, 0.6) is 5.88 Å². The molecule has 2 aromatic carbocycles. The minimum atomic E-state index is -0.363. The molecule has 0 aliphatic rings. The fraction of sp³-hybridized carbons (Fsp3) is 0.231. The molecular formula is C26H24FN5O2. The predicted molar refractivity (Wildman–Crippen MR) is 125 cm³/mol. The van der Waals surface area contributed by atoms with Gasteiger partial charge in [0.1, 0.15) is 5.82 Å². The maximum atomic E-state index is 13.7. The summed E-state index contributed by atoms with van der Waals surface area (Å²) in [7, 11) is 1.78. The van der Waals surface area contributed by atoms with E-state index in [0.29, 0.717) is 22.7 Å². The smallest absolute Gasteiger partial charge is 0.261 e. The van der Waals surface area contributed by atoms with E-state index in [-0.39, 0.29) is 31.4 Å². The van der Waals surface area contributed by atoms with Gasteiger partial charge in [-0.3, -0.25) is 4.79 Å². The quantitative estimate of drug-likeness (QED) is 0.415. The van der Waals surface area contributed by atoms with Gasteiger partial charge in [0.05, 0.1) is 17.0 Å². The Balaban J connectivity index is 1.56. The molecule has 0 radical (unpaired) electrons. The van der Waals surface area contributed by atoms with Crippen molar-refractivity contribution < 1.29 is 13.9 Å². The summed E-state index contributed by atoms with van der Waals surface area (Å²) < 4.78 is 21.2. The number of hydrogen-bond acceptors (Lipinski definition) is 5. The highest BCUT2D eigenvalue weighted by Crippen LogP contribution is 2.27. The molecule has 0 spiro atoms. The number of nitriles is 1. The highest BCUT2D eigenvalue weighted by Gasteiger charge is 2.19. The lowest BCUT2D eigenvalue weighted by Gasteiger charge is -2.23. The van der Waals surface area contributed by atoms with Gasteiger partial charge in [-0.2, -0.15) is 5.26 Å². The minimum Gasteiger partial charge on any atom is -0.466 e. The third-order valence-corrected chi connectivity index (χ3v) is 5.49. The second-order valence-electron chi connectivity index (χ2n) is 8.19. The summed E-state index contributed by atoms with van der Waals surface area (Å²) in [5.74, 6) is -0.289. The minimum absolute atomic E-state index is 0.211. The molecule has 0 saturated heterocycles. The number of rotatable bonds is 7. The van der Waals surface area contributed by atoms with Crippen molar-refractivity contribution in [3.63, 3.8) is 0 Å². The maximum absolute atomic E-state index is 13.7. The third-order valence-electron chi connectivity index (χ3n) is 5.49. The van der Waals surface area contributed by atoms with Crippen molar-refractivity contribution in [1.82, 2.24) is 19.7 Å². The van der Waals surface area contributed by atoms with E-state index >= 15 is 0 Å². The monoisotopic (exact) mass is 457 g/mol. The average molecular weight is 458 g/mol. The normalized spacial score (nSPS) is 10.8. The van der Waals surface area contributed by atoms with Crippen LogP contribution >= 0.6 is 0 Å². The predicted octanol–water partition coefficient (Wildman–Crippen LogP) is 4.20. The molecule has 0 aliphatic heterocycles. The van der Waals surface area contributed by atoms with Gasteiger partial charge in [0.2, 0.25) is 5.88 Å². The molecular weight excluding hydrogens is 433 g/mol. The molecule has 0 atom stereocenters. The zero-order valence-electron chi connectivity index (χ0n) is 19.2. The van der Waals surface area contributed by atoms with E-state index in [4.69, 9.17) is 10.00 Å². The molecule has 34 heavy (non-hydrogen) atoms. The second kappa shape index (κ2) is 9.71. The van der Waals surface area contributed by atoms with Crippen LogP contribution in [0.3, 0.4) is 0 Å². The molecule has 8 heteroatoms. The van der Waals surface area contributed by atoms with Gasteiger partial charge in [-0.1, -0.05) is 24.3 Å². The van der Waals surface area contributed by atoms with Crippen LogP contribution in [0, 0.1) is 31.0 Å². The molecule has 2 heterocycles. The first kappa shape index (κ1) is 22.9. The van der Waals surface area contributed by atoms with E-state index in [1.165, 1.54) is 12.1 Å². The van der Waals surface area contributed by atoms with Crippen molar-refractivity contribution in [3.8, 4) is 11.9 Å². The number of amides is 1. The first-order chi connectivity index (χ1) is 16.3. The van der Waals surface area contributed by atoms with Crippen LogP contribution in [0.15, 0.2) is 54.6 Å². The number of aromatic nitrogens is 3. The highest BCUT2D eigenvalue weighted by atomic mass is 19.1. The molecule has 0 fully saturated rings. The number of carbonyl (C=O) groups excluding carboxylic acids is 1. The van der Waals surface area contributed by atoms with E-state index in [0.717, 1.165) is 22.2 Å². The van der Waals surface area contributed by atoms with Gasteiger partial charge in [0.25, 0.3) is 5.91 Å². The summed E-state index contributed by atoms with van der Waals surface area (Å²) in [4.78, 5) is 19.3. The fourth-order valence-electron chi connectivity index (χ4n) is 3.86. The van der Waals surface area contributed by atoms with Crippen LogP contribution in [0.2, 0.25) is 0 Å². The second-order valence-corrected chi connectivity index (χ2v) is 8.19. The Labute approximate surface area is 197 Å². The Kier molecular flexibility index (Phi) is 6.55. The maximum Gasteiger partial charge on any atom is 0.261 e. The Morgan fingerprint density at radius 2 is 1.85 bits per heavy atom. The summed E-state index contributed by atoms with van der Waals surface area (Å²) in [5.41, 5.74) is 4.58. The number of halogens is 1. The zero-order valence-corrected chi connectivity index (χ0v) is 19.2. The first-order valence-corrected chi connectivity index (χ1v) is 10.8.